The van der Waals surface area contributed by atoms with Crippen molar-refractivity contribution >= 4 is 11.8 Å². The Balaban J connectivity index is 2.21. The van der Waals surface area contributed by atoms with Gasteiger partial charge >= 0.3 is 0 Å². The molecule has 1 aliphatic rings. The van der Waals surface area contributed by atoms with Gasteiger partial charge in [0.25, 0.3) is 0 Å². The zero-order valence-electron chi connectivity index (χ0n) is 10.4. The average molecular weight is 229 g/mol. The van der Waals surface area contributed by atoms with Crippen LogP contribution in [0.25, 0.3) is 0 Å². The van der Waals surface area contributed by atoms with Gasteiger partial charge in [-0.15, -0.1) is 0 Å². The predicted octanol–water partition coefficient (Wildman–Crippen LogP) is 3.82. The van der Waals surface area contributed by atoms with Gasteiger partial charge in [-0.1, -0.05) is 26.2 Å². The smallest absolute Gasteiger partial charge is 0.0162 e. The van der Waals surface area contributed by atoms with Gasteiger partial charge in [-0.05, 0) is 50.0 Å². The maximum absolute atomic E-state index is 6.42. The maximum Gasteiger partial charge on any atom is 0.0162 e. The van der Waals surface area contributed by atoms with Crippen LogP contribution < -0.4 is 5.73 Å². The first-order valence-electron chi connectivity index (χ1n) is 6.48. The molecule has 2 heteroatoms. The van der Waals surface area contributed by atoms with Crippen LogP contribution >= 0.6 is 11.8 Å². The van der Waals surface area contributed by atoms with Gasteiger partial charge in [0.2, 0.25) is 0 Å². The summed E-state index contributed by atoms with van der Waals surface area (Å²) in [5, 5.41) is 0. The Morgan fingerprint density at radius 2 is 2.00 bits per heavy atom. The molecule has 2 N–H and O–H groups in total. The summed E-state index contributed by atoms with van der Waals surface area (Å²) in [5.74, 6) is 2.21. The number of thioether (sulfide) groups is 1. The van der Waals surface area contributed by atoms with Gasteiger partial charge in [-0.25, -0.2) is 0 Å². The van der Waals surface area contributed by atoms with Crippen LogP contribution in [0.15, 0.2) is 0 Å². The Morgan fingerprint density at radius 3 is 2.53 bits per heavy atom. The zero-order valence-corrected chi connectivity index (χ0v) is 11.2. The number of hydrogen-bond donors (Lipinski definition) is 1. The van der Waals surface area contributed by atoms with Crippen molar-refractivity contribution in [1.82, 2.24) is 0 Å². The molecule has 0 amide bonds. The molecule has 0 bridgehead atoms. The van der Waals surface area contributed by atoms with Crippen molar-refractivity contribution in [3.63, 3.8) is 0 Å². The first kappa shape index (κ1) is 13.4. The molecule has 0 aromatic rings. The minimum absolute atomic E-state index is 0.186. The fourth-order valence-corrected chi connectivity index (χ4v) is 3.20. The fourth-order valence-electron chi connectivity index (χ4n) is 2.59. The fraction of sp³-hybridized carbons (Fsp3) is 1.00. The van der Waals surface area contributed by atoms with Crippen LogP contribution in [0.3, 0.4) is 0 Å². The summed E-state index contributed by atoms with van der Waals surface area (Å²) in [6, 6.07) is 0. The lowest BCUT2D eigenvalue weighted by atomic mass is 9.74. The van der Waals surface area contributed by atoms with Crippen LogP contribution in [0.5, 0.6) is 0 Å². The molecule has 1 rings (SSSR count). The second-order valence-electron chi connectivity index (χ2n) is 5.19. The summed E-state index contributed by atoms with van der Waals surface area (Å²) in [7, 11) is 0. The molecule has 0 radical (unpaired) electrons. The summed E-state index contributed by atoms with van der Waals surface area (Å²) >= 11 is 1.93. The molecule has 1 aliphatic carbocycles. The third-order valence-corrected chi connectivity index (χ3v) is 4.48. The number of rotatable bonds is 6. The highest BCUT2D eigenvalue weighted by Crippen LogP contribution is 2.35. The van der Waals surface area contributed by atoms with Gasteiger partial charge in [0.15, 0.2) is 0 Å². The maximum atomic E-state index is 6.42. The van der Waals surface area contributed by atoms with Crippen LogP contribution in [-0.2, 0) is 0 Å². The molecular formula is C13H27NS. The molecular weight excluding hydrogens is 202 g/mol. The van der Waals surface area contributed by atoms with E-state index in [2.05, 4.69) is 13.2 Å². The molecule has 0 aliphatic heterocycles. The van der Waals surface area contributed by atoms with Crippen molar-refractivity contribution in [2.45, 2.75) is 63.8 Å². The zero-order chi connectivity index (χ0) is 11.1. The van der Waals surface area contributed by atoms with Crippen LogP contribution in [0.1, 0.15) is 58.3 Å². The molecule has 0 unspecified atom stereocenters. The highest BCUT2D eigenvalue weighted by molar-refractivity contribution is 7.98. The average Bonchev–Trinajstić information content (AvgIpc) is 2.26. The Labute approximate surface area is 99.6 Å². The topological polar surface area (TPSA) is 26.0 Å². The lowest BCUT2D eigenvalue weighted by molar-refractivity contribution is 0.219. The monoisotopic (exact) mass is 229 g/mol. The Morgan fingerprint density at radius 1 is 1.33 bits per heavy atom. The van der Waals surface area contributed by atoms with Crippen LogP contribution in [0.2, 0.25) is 0 Å². The quantitative estimate of drug-likeness (QED) is 0.749. The summed E-state index contributed by atoms with van der Waals surface area (Å²) < 4.78 is 0. The summed E-state index contributed by atoms with van der Waals surface area (Å²) in [5.41, 5.74) is 6.61. The minimum Gasteiger partial charge on any atom is -0.325 e. The van der Waals surface area contributed by atoms with Gasteiger partial charge in [-0.2, -0.15) is 11.8 Å². The van der Waals surface area contributed by atoms with E-state index in [1.54, 1.807) is 0 Å². The van der Waals surface area contributed by atoms with E-state index in [0.717, 1.165) is 5.92 Å². The molecule has 1 saturated carbocycles. The number of nitrogens with two attached hydrogens (primary N) is 1. The van der Waals surface area contributed by atoms with Crippen molar-refractivity contribution in [2.24, 2.45) is 11.7 Å². The van der Waals surface area contributed by atoms with E-state index in [1.807, 2.05) is 11.8 Å². The third-order valence-electron chi connectivity index (χ3n) is 3.87. The van der Waals surface area contributed by atoms with Crippen LogP contribution in [0, 0.1) is 5.92 Å². The van der Waals surface area contributed by atoms with E-state index in [0.29, 0.717) is 0 Å². The van der Waals surface area contributed by atoms with Gasteiger partial charge < -0.3 is 5.73 Å². The van der Waals surface area contributed by atoms with E-state index in [1.165, 1.54) is 57.1 Å². The van der Waals surface area contributed by atoms with Crippen molar-refractivity contribution in [2.75, 3.05) is 12.0 Å². The normalized spacial score (nSPS) is 31.8. The Bertz CT molecular complexity index is 162. The molecule has 0 spiro atoms. The van der Waals surface area contributed by atoms with Crippen molar-refractivity contribution < 1.29 is 0 Å². The van der Waals surface area contributed by atoms with Crippen LogP contribution in [-0.4, -0.2) is 17.5 Å². The predicted molar refractivity (Wildman–Crippen MR) is 71.4 cm³/mol. The molecule has 0 saturated heterocycles. The highest BCUT2D eigenvalue weighted by Gasteiger charge is 2.30. The first-order chi connectivity index (χ1) is 7.20. The van der Waals surface area contributed by atoms with E-state index < -0.39 is 0 Å². The van der Waals surface area contributed by atoms with Crippen molar-refractivity contribution in [3.8, 4) is 0 Å². The molecule has 0 aromatic heterocycles. The molecule has 15 heavy (non-hydrogen) atoms. The highest BCUT2D eigenvalue weighted by atomic mass is 32.2. The Hall–Kier alpha value is 0.310. The standard InChI is InChI=1S/C13H27NS/c1-3-4-5-12-6-8-13(14,9-7-12)10-11-15-2/h12H,3-11,14H2,1-2H3. The molecule has 0 atom stereocenters. The van der Waals surface area contributed by atoms with Crippen molar-refractivity contribution in [1.29, 1.82) is 0 Å². The number of unbranched alkanes of at least 4 members (excludes halogenated alkanes) is 1. The molecule has 90 valence electrons. The molecule has 0 aromatic carbocycles. The van der Waals surface area contributed by atoms with E-state index in [9.17, 15) is 0 Å². The van der Waals surface area contributed by atoms with E-state index >= 15 is 0 Å². The lowest BCUT2D eigenvalue weighted by Crippen LogP contribution is -2.43. The first-order valence-corrected chi connectivity index (χ1v) is 7.87. The molecule has 1 fully saturated rings. The summed E-state index contributed by atoms with van der Waals surface area (Å²) in [6.07, 6.45) is 12.9. The lowest BCUT2D eigenvalue weighted by Gasteiger charge is -2.37. The summed E-state index contributed by atoms with van der Waals surface area (Å²) in [4.78, 5) is 0. The SMILES string of the molecule is CCCCC1CCC(N)(CCSC)CC1. The van der Waals surface area contributed by atoms with Crippen molar-refractivity contribution in [3.05, 3.63) is 0 Å². The second kappa shape index (κ2) is 6.80. The molecule has 1 nitrogen and oxygen atoms in total. The van der Waals surface area contributed by atoms with Gasteiger partial charge in [0, 0.05) is 5.54 Å². The van der Waals surface area contributed by atoms with Gasteiger partial charge in [0.1, 0.15) is 0 Å². The second-order valence-corrected chi connectivity index (χ2v) is 6.18. The van der Waals surface area contributed by atoms with Crippen LogP contribution in [0.4, 0.5) is 0 Å². The van der Waals surface area contributed by atoms with Gasteiger partial charge in [0.05, 0.1) is 0 Å². The number of hydrogen-bond acceptors (Lipinski definition) is 2. The largest absolute Gasteiger partial charge is 0.325 e. The third kappa shape index (κ3) is 4.78. The Kier molecular flexibility index (Phi) is 6.06. The molecule has 0 heterocycles. The van der Waals surface area contributed by atoms with E-state index in [4.69, 9.17) is 5.73 Å². The minimum atomic E-state index is 0.186. The van der Waals surface area contributed by atoms with E-state index in [-0.39, 0.29) is 5.54 Å². The van der Waals surface area contributed by atoms with Gasteiger partial charge in [-0.3, -0.25) is 0 Å². The summed E-state index contributed by atoms with van der Waals surface area (Å²) in [6.45, 7) is 2.29.